The molecule has 28 heavy (non-hydrogen) atoms. The van der Waals surface area contributed by atoms with Crippen molar-refractivity contribution in [2.75, 3.05) is 0 Å². The molecule has 0 spiro atoms. The molecule has 5 aromatic rings. The smallest absolute Gasteiger partial charge is 0.336 e. The number of benzene rings is 5. The average molecular weight is 366 g/mol. The molecular weight excluding hydrogens is 352 g/mol. The van der Waals surface area contributed by atoms with Gasteiger partial charge in [0.15, 0.2) is 12.6 Å². The lowest BCUT2D eigenvalue weighted by Gasteiger charge is -2.18. The summed E-state index contributed by atoms with van der Waals surface area (Å²) < 4.78 is 0. The van der Waals surface area contributed by atoms with Crippen molar-refractivity contribution < 1.29 is 19.5 Å². The number of carbonyl (C=O) groups excluding carboxylic acids is 2. The predicted molar refractivity (Wildman–Crippen MR) is 110 cm³/mol. The lowest BCUT2D eigenvalue weighted by molar-refractivity contribution is 0.0699. The molecule has 0 radical (unpaired) electrons. The Balaban J connectivity index is 2.20. The van der Waals surface area contributed by atoms with E-state index in [1.807, 2.05) is 31.2 Å². The Labute approximate surface area is 159 Å². The summed E-state index contributed by atoms with van der Waals surface area (Å²) >= 11 is 0. The van der Waals surface area contributed by atoms with E-state index in [9.17, 15) is 19.5 Å². The van der Waals surface area contributed by atoms with Crippen molar-refractivity contribution in [3.05, 3.63) is 70.8 Å². The number of carboxylic acids is 1. The van der Waals surface area contributed by atoms with Crippen molar-refractivity contribution in [1.29, 1.82) is 0 Å². The van der Waals surface area contributed by atoms with E-state index in [1.165, 1.54) is 0 Å². The topological polar surface area (TPSA) is 71.4 Å². The van der Waals surface area contributed by atoms with Crippen molar-refractivity contribution >= 4 is 61.6 Å². The highest BCUT2D eigenvalue weighted by Gasteiger charge is 2.20. The number of hydrogen-bond acceptors (Lipinski definition) is 3. The van der Waals surface area contributed by atoms with Gasteiger partial charge in [0.2, 0.25) is 0 Å². The first-order valence-corrected chi connectivity index (χ1v) is 8.87. The highest BCUT2D eigenvalue weighted by Crippen LogP contribution is 2.43. The van der Waals surface area contributed by atoms with E-state index in [2.05, 4.69) is 0 Å². The zero-order valence-corrected chi connectivity index (χ0v) is 14.9. The molecular formula is C24H14O4. The van der Waals surface area contributed by atoms with E-state index in [0.717, 1.165) is 49.6 Å². The van der Waals surface area contributed by atoms with Gasteiger partial charge in [-0.15, -0.1) is 0 Å². The lowest BCUT2D eigenvalue weighted by atomic mass is 9.85. The fourth-order valence-corrected chi connectivity index (χ4v) is 4.49. The van der Waals surface area contributed by atoms with E-state index in [1.54, 1.807) is 24.3 Å². The highest BCUT2D eigenvalue weighted by molar-refractivity contribution is 6.36. The molecule has 0 aliphatic heterocycles. The Bertz CT molecular complexity index is 1460. The maximum Gasteiger partial charge on any atom is 0.336 e. The highest BCUT2D eigenvalue weighted by atomic mass is 16.4. The Morgan fingerprint density at radius 1 is 0.679 bits per heavy atom. The minimum atomic E-state index is -1.07. The third kappa shape index (κ3) is 1.92. The van der Waals surface area contributed by atoms with Crippen LogP contribution in [0, 0.1) is 6.92 Å². The van der Waals surface area contributed by atoms with Crippen molar-refractivity contribution in [3.8, 4) is 0 Å². The second-order valence-electron chi connectivity index (χ2n) is 7.04. The van der Waals surface area contributed by atoms with Gasteiger partial charge in [0.1, 0.15) is 0 Å². The van der Waals surface area contributed by atoms with Crippen LogP contribution in [0.15, 0.2) is 48.5 Å². The summed E-state index contributed by atoms with van der Waals surface area (Å²) in [6.07, 6.45) is 1.56. The number of rotatable bonds is 3. The van der Waals surface area contributed by atoms with Crippen LogP contribution in [0.1, 0.15) is 36.6 Å². The van der Waals surface area contributed by atoms with E-state index >= 15 is 0 Å². The summed E-state index contributed by atoms with van der Waals surface area (Å²) in [5, 5.41) is 16.4. The van der Waals surface area contributed by atoms with Gasteiger partial charge in [0.05, 0.1) is 5.56 Å². The third-order valence-electron chi connectivity index (χ3n) is 5.66. The van der Waals surface area contributed by atoms with Crippen molar-refractivity contribution in [1.82, 2.24) is 0 Å². The van der Waals surface area contributed by atoms with E-state index < -0.39 is 5.97 Å². The molecule has 0 aliphatic rings. The maximum atomic E-state index is 11.8. The van der Waals surface area contributed by atoms with Crippen LogP contribution >= 0.6 is 0 Å². The van der Waals surface area contributed by atoms with Crippen LogP contribution in [-0.2, 0) is 0 Å². The van der Waals surface area contributed by atoms with Crippen LogP contribution < -0.4 is 0 Å². The largest absolute Gasteiger partial charge is 0.478 e. The molecule has 0 fully saturated rings. The fraction of sp³-hybridized carbons (Fsp3) is 0.0417. The summed E-state index contributed by atoms with van der Waals surface area (Å²) in [5.41, 5.74) is 2.10. The van der Waals surface area contributed by atoms with Crippen LogP contribution in [0.4, 0.5) is 0 Å². The molecule has 4 heteroatoms. The molecule has 0 amide bonds. The molecule has 0 unspecified atom stereocenters. The Morgan fingerprint density at radius 2 is 1.14 bits per heavy atom. The van der Waals surface area contributed by atoms with E-state index in [-0.39, 0.29) is 5.56 Å². The molecule has 0 aromatic heterocycles. The molecule has 4 nitrogen and oxygen atoms in total. The zero-order chi connectivity index (χ0) is 19.6. The van der Waals surface area contributed by atoms with Gasteiger partial charge in [-0.05, 0) is 56.3 Å². The normalized spacial score (nSPS) is 11.6. The summed E-state index contributed by atoms with van der Waals surface area (Å²) in [7, 11) is 0. The first kappa shape index (κ1) is 16.4. The zero-order valence-electron chi connectivity index (χ0n) is 14.9. The molecule has 0 atom stereocenters. The van der Waals surface area contributed by atoms with E-state index in [4.69, 9.17) is 0 Å². The van der Waals surface area contributed by atoms with Gasteiger partial charge in [-0.25, -0.2) is 4.79 Å². The fourth-order valence-electron chi connectivity index (χ4n) is 4.49. The molecule has 0 saturated carbocycles. The number of hydrogen-bond donors (Lipinski definition) is 1. The number of carboxylic acid groups (broad SMARTS) is 1. The molecule has 0 aliphatic carbocycles. The summed E-state index contributed by atoms with van der Waals surface area (Å²) in [5.74, 6) is -1.07. The molecule has 0 heterocycles. The Kier molecular flexibility index (Phi) is 3.28. The SMILES string of the molecule is Cc1ccc2c3ccc(C=O)c4c(C(=O)O)ccc(c5ccc(C=O)c1c25)c43. The number of aromatic carboxylic acids is 1. The van der Waals surface area contributed by atoms with Gasteiger partial charge in [0.25, 0.3) is 0 Å². The van der Waals surface area contributed by atoms with Crippen LogP contribution in [0.2, 0.25) is 0 Å². The second-order valence-corrected chi connectivity index (χ2v) is 7.04. The monoisotopic (exact) mass is 366 g/mol. The summed E-state index contributed by atoms with van der Waals surface area (Å²) in [6.45, 7) is 1.98. The van der Waals surface area contributed by atoms with Crippen LogP contribution in [0.25, 0.3) is 43.1 Å². The molecule has 1 N–H and O–H groups in total. The predicted octanol–water partition coefficient (Wildman–Crippen LogP) is 5.37. The number of aldehydes is 2. The van der Waals surface area contributed by atoms with Gasteiger partial charge in [0, 0.05) is 16.5 Å². The summed E-state index contributed by atoms with van der Waals surface area (Å²) in [6, 6.07) is 14.6. The Morgan fingerprint density at radius 3 is 1.68 bits per heavy atom. The van der Waals surface area contributed by atoms with Gasteiger partial charge >= 0.3 is 5.97 Å². The van der Waals surface area contributed by atoms with Gasteiger partial charge < -0.3 is 5.11 Å². The Hall–Kier alpha value is -3.79. The van der Waals surface area contributed by atoms with Crippen LogP contribution in [0.3, 0.4) is 0 Å². The van der Waals surface area contributed by atoms with E-state index in [0.29, 0.717) is 22.8 Å². The van der Waals surface area contributed by atoms with Gasteiger partial charge in [-0.3, -0.25) is 9.59 Å². The molecule has 5 rings (SSSR count). The van der Waals surface area contributed by atoms with Crippen molar-refractivity contribution in [2.45, 2.75) is 6.92 Å². The van der Waals surface area contributed by atoms with Gasteiger partial charge in [-0.1, -0.05) is 42.5 Å². The van der Waals surface area contributed by atoms with Crippen LogP contribution in [-0.4, -0.2) is 23.6 Å². The maximum absolute atomic E-state index is 11.8. The first-order chi connectivity index (χ1) is 13.6. The number of carbonyl (C=O) groups is 3. The summed E-state index contributed by atoms with van der Waals surface area (Å²) in [4.78, 5) is 35.1. The second kappa shape index (κ2) is 5.60. The number of fused-ring (bicyclic) bond motifs is 2. The molecule has 0 saturated heterocycles. The quantitative estimate of drug-likeness (QED) is 0.265. The standard InChI is InChI=1S/C24H14O4/c1-12-2-5-15-17-7-4-14(11-26)21-19(24(27)28)9-8-18(23(17)21)16-6-3-13(10-25)20(12)22(15)16/h2-11H,1H3,(H,27,28). The van der Waals surface area contributed by atoms with Crippen LogP contribution in [0.5, 0.6) is 0 Å². The minimum Gasteiger partial charge on any atom is -0.478 e. The average Bonchev–Trinajstić information content (AvgIpc) is 2.71. The molecule has 134 valence electrons. The van der Waals surface area contributed by atoms with Gasteiger partial charge in [-0.2, -0.15) is 0 Å². The van der Waals surface area contributed by atoms with Crippen molar-refractivity contribution in [2.24, 2.45) is 0 Å². The lowest BCUT2D eigenvalue weighted by Crippen LogP contribution is -2.01. The number of aryl methyl sites for hydroxylation is 1. The van der Waals surface area contributed by atoms with Crippen molar-refractivity contribution in [3.63, 3.8) is 0 Å². The molecule has 0 bridgehead atoms. The molecule has 5 aromatic carbocycles. The third-order valence-corrected chi connectivity index (χ3v) is 5.66. The first-order valence-electron chi connectivity index (χ1n) is 8.87. The minimum absolute atomic E-state index is 0.110.